The van der Waals surface area contributed by atoms with Crippen molar-refractivity contribution in [1.82, 2.24) is 10.0 Å². The quantitative estimate of drug-likeness (QED) is 0.764. The molecule has 2 aromatic carbocycles. The summed E-state index contributed by atoms with van der Waals surface area (Å²) in [6.45, 7) is 2.12. The maximum atomic E-state index is 12.6. The summed E-state index contributed by atoms with van der Waals surface area (Å²) in [6, 6.07) is 12.3. The van der Waals surface area contributed by atoms with Gasteiger partial charge in [0.15, 0.2) is 0 Å². The summed E-state index contributed by atoms with van der Waals surface area (Å²) in [7, 11) is 0. The lowest BCUT2D eigenvalue weighted by Crippen LogP contribution is -2.27. The molecule has 5 nitrogen and oxygen atoms in total. The molecule has 0 spiro atoms. The predicted octanol–water partition coefficient (Wildman–Crippen LogP) is 3.85. The van der Waals surface area contributed by atoms with Crippen molar-refractivity contribution in [2.75, 3.05) is 0 Å². The molecule has 1 amide bonds. The van der Waals surface area contributed by atoms with Crippen LogP contribution in [0.15, 0.2) is 41.3 Å². The van der Waals surface area contributed by atoms with Crippen LogP contribution in [0.25, 0.3) is 0 Å². The molecule has 2 aromatic rings. The summed E-state index contributed by atoms with van der Waals surface area (Å²) in [5.74, 6) is -0.0132. The van der Waals surface area contributed by atoms with Gasteiger partial charge in [0.05, 0.1) is 6.04 Å². The molecule has 7 heteroatoms. The summed E-state index contributed by atoms with van der Waals surface area (Å²) in [6.07, 6.45) is 2.14. The summed E-state index contributed by atoms with van der Waals surface area (Å²) < 4.78 is 3.31. The number of carbonyl (C=O) groups is 1. The van der Waals surface area contributed by atoms with E-state index in [-0.39, 0.29) is 18.1 Å². The molecule has 0 saturated heterocycles. The van der Waals surface area contributed by atoms with Crippen LogP contribution in [0.5, 0.6) is 0 Å². The summed E-state index contributed by atoms with van der Waals surface area (Å²) >= 11 is 7.64. The second-order valence-corrected chi connectivity index (χ2v) is 7.50. The van der Waals surface area contributed by atoms with Gasteiger partial charge in [-0.25, -0.2) is 0 Å². The Bertz CT molecular complexity index is 881. The van der Waals surface area contributed by atoms with Crippen molar-refractivity contribution in [1.29, 1.82) is 0 Å². The van der Waals surface area contributed by atoms with Crippen molar-refractivity contribution >= 4 is 35.6 Å². The molecule has 1 unspecified atom stereocenters. The molecule has 0 radical (unpaired) electrons. The van der Waals surface area contributed by atoms with Crippen molar-refractivity contribution in [2.45, 2.75) is 36.7 Å². The van der Waals surface area contributed by atoms with Crippen LogP contribution in [0.1, 0.15) is 52.5 Å². The zero-order valence-electron chi connectivity index (χ0n) is 14.0. The molecule has 1 heterocycles. The van der Waals surface area contributed by atoms with Crippen molar-refractivity contribution in [3.05, 3.63) is 63.7 Å². The maximum Gasteiger partial charge on any atom is 0.373 e. The largest absolute Gasteiger partial charge is 0.373 e. The summed E-state index contributed by atoms with van der Waals surface area (Å²) in [4.78, 5) is 30.0. The molecule has 0 saturated carbocycles. The SMILES string of the molecule is CC1NSc2cc(C(=O)N[C@@H]3CCc4cc(Cl)ccc43)ccc21.O=C=O. The Morgan fingerprint density at radius 3 is 2.73 bits per heavy atom. The average Bonchev–Trinajstić information content (AvgIpc) is 3.19. The molecule has 26 heavy (non-hydrogen) atoms. The van der Waals surface area contributed by atoms with Gasteiger partial charge in [0.25, 0.3) is 5.91 Å². The maximum absolute atomic E-state index is 12.6. The van der Waals surface area contributed by atoms with Crippen LogP contribution in [0, 0.1) is 0 Å². The number of nitrogens with one attached hydrogen (secondary N) is 2. The number of hydrogen-bond acceptors (Lipinski definition) is 5. The van der Waals surface area contributed by atoms with E-state index < -0.39 is 0 Å². The molecule has 0 bridgehead atoms. The molecule has 2 atom stereocenters. The zero-order chi connectivity index (χ0) is 18.7. The number of halogens is 1. The minimum atomic E-state index is -0.0132. The first kappa shape index (κ1) is 18.7. The number of amides is 1. The van der Waals surface area contributed by atoms with Gasteiger partial charge in [0.1, 0.15) is 0 Å². The highest BCUT2D eigenvalue weighted by Gasteiger charge is 2.25. The zero-order valence-corrected chi connectivity index (χ0v) is 15.6. The Morgan fingerprint density at radius 1 is 1.23 bits per heavy atom. The fraction of sp³-hybridized carbons (Fsp3) is 0.263. The fourth-order valence-corrected chi connectivity index (χ4v) is 4.49. The molecule has 134 valence electrons. The van der Waals surface area contributed by atoms with Gasteiger partial charge in [0, 0.05) is 21.5 Å². The standard InChI is InChI=1S/C18H17ClN2OS.CO2/c1-10-14-5-2-12(9-17(14)23-21-10)18(22)20-16-7-3-11-8-13(19)4-6-15(11)16;2-1-3/h2,4-6,8-10,16,21H,3,7H2,1H3,(H,20,22);/t10?,16-;/m1./s1. The van der Waals surface area contributed by atoms with E-state index in [1.165, 1.54) is 16.7 Å². The smallest absolute Gasteiger partial charge is 0.345 e. The Morgan fingerprint density at radius 2 is 1.96 bits per heavy atom. The molecular formula is C19H17ClN2O3S. The van der Waals surface area contributed by atoms with Crippen LogP contribution in [0.4, 0.5) is 0 Å². The van der Waals surface area contributed by atoms with E-state index in [1.54, 1.807) is 11.9 Å². The lowest BCUT2D eigenvalue weighted by Gasteiger charge is -2.15. The number of aryl methyl sites for hydroxylation is 1. The van der Waals surface area contributed by atoms with Crippen molar-refractivity contribution in [3.63, 3.8) is 0 Å². The highest BCUT2D eigenvalue weighted by Crippen LogP contribution is 2.36. The number of hydrogen-bond donors (Lipinski definition) is 2. The van der Waals surface area contributed by atoms with E-state index >= 15 is 0 Å². The van der Waals surface area contributed by atoms with Gasteiger partial charge in [0.2, 0.25) is 0 Å². The van der Waals surface area contributed by atoms with Gasteiger partial charge in [-0.05, 0) is 72.7 Å². The molecule has 1 aliphatic heterocycles. The number of rotatable bonds is 2. The molecule has 4 rings (SSSR count). The van der Waals surface area contributed by atoms with Gasteiger partial charge in [-0.3, -0.25) is 9.52 Å². The molecule has 1 aliphatic carbocycles. The highest BCUT2D eigenvalue weighted by molar-refractivity contribution is 7.97. The van der Waals surface area contributed by atoms with E-state index in [0.717, 1.165) is 28.3 Å². The normalized spacial score (nSPS) is 19.6. The first-order chi connectivity index (χ1) is 12.5. The van der Waals surface area contributed by atoms with Crippen LogP contribution in [-0.2, 0) is 16.0 Å². The van der Waals surface area contributed by atoms with E-state index in [0.29, 0.717) is 6.04 Å². The predicted molar refractivity (Wildman–Crippen MR) is 98.8 cm³/mol. The monoisotopic (exact) mass is 388 g/mol. The Balaban J connectivity index is 0.000000613. The van der Waals surface area contributed by atoms with Gasteiger partial charge < -0.3 is 5.32 Å². The fourth-order valence-electron chi connectivity index (χ4n) is 3.31. The van der Waals surface area contributed by atoms with Crippen LogP contribution in [0.2, 0.25) is 5.02 Å². The first-order valence-electron chi connectivity index (χ1n) is 8.18. The first-order valence-corrected chi connectivity index (χ1v) is 9.37. The van der Waals surface area contributed by atoms with Crippen molar-refractivity contribution in [2.24, 2.45) is 0 Å². The Hall–Kier alpha value is -2.11. The second kappa shape index (κ2) is 8.06. The van der Waals surface area contributed by atoms with Gasteiger partial charge >= 0.3 is 6.15 Å². The third-order valence-electron chi connectivity index (χ3n) is 4.58. The van der Waals surface area contributed by atoms with Crippen LogP contribution in [-0.4, -0.2) is 12.1 Å². The second-order valence-electron chi connectivity index (χ2n) is 6.19. The summed E-state index contributed by atoms with van der Waals surface area (Å²) in [5, 5.41) is 3.92. The van der Waals surface area contributed by atoms with Crippen molar-refractivity contribution < 1.29 is 14.4 Å². The average molecular weight is 389 g/mol. The van der Waals surface area contributed by atoms with E-state index in [4.69, 9.17) is 21.2 Å². The topological polar surface area (TPSA) is 75.3 Å². The van der Waals surface area contributed by atoms with Crippen molar-refractivity contribution in [3.8, 4) is 0 Å². The van der Waals surface area contributed by atoms with E-state index in [1.807, 2.05) is 36.4 Å². The molecule has 0 fully saturated rings. The lowest BCUT2D eigenvalue weighted by molar-refractivity contribution is -0.191. The molecule has 2 aliphatic rings. The van der Waals surface area contributed by atoms with Gasteiger partial charge in [-0.15, -0.1) is 0 Å². The summed E-state index contributed by atoms with van der Waals surface area (Å²) in [5.41, 5.74) is 4.40. The lowest BCUT2D eigenvalue weighted by atomic mass is 10.1. The molecular weight excluding hydrogens is 372 g/mol. The third-order valence-corrected chi connectivity index (χ3v) is 5.86. The number of benzene rings is 2. The number of fused-ring (bicyclic) bond motifs is 2. The van der Waals surface area contributed by atoms with E-state index in [9.17, 15) is 4.79 Å². The van der Waals surface area contributed by atoms with Gasteiger partial charge in [-0.1, -0.05) is 23.7 Å². The Kier molecular flexibility index (Phi) is 5.79. The van der Waals surface area contributed by atoms with E-state index in [2.05, 4.69) is 17.0 Å². The molecule has 2 N–H and O–H groups in total. The van der Waals surface area contributed by atoms with Gasteiger partial charge in [-0.2, -0.15) is 9.59 Å². The third kappa shape index (κ3) is 3.84. The van der Waals surface area contributed by atoms with Crippen LogP contribution >= 0.6 is 23.5 Å². The minimum absolute atomic E-state index is 0.0132. The number of carbonyl (C=O) groups excluding carboxylic acids is 3. The van der Waals surface area contributed by atoms with Crippen LogP contribution in [0.3, 0.4) is 0 Å². The highest BCUT2D eigenvalue weighted by atomic mass is 35.5. The Labute approximate surface area is 160 Å². The van der Waals surface area contributed by atoms with Crippen LogP contribution < -0.4 is 10.0 Å². The minimum Gasteiger partial charge on any atom is -0.345 e. The molecule has 0 aromatic heterocycles.